The molecule has 0 saturated carbocycles. The lowest BCUT2D eigenvalue weighted by Gasteiger charge is -1.85. The number of aliphatic hydroxyl groups excluding tert-OH is 1. The van der Waals surface area contributed by atoms with Crippen LogP contribution >= 0.6 is 0 Å². The molecule has 0 aliphatic heterocycles. The maximum Gasteiger partial charge on any atom is 0.108 e. The number of aromatic amines is 1. The second-order valence-corrected chi connectivity index (χ2v) is 1.51. The molecule has 0 amide bonds. The molecule has 4 nitrogen and oxygen atoms in total. The summed E-state index contributed by atoms with van der Waals surface area (Å²) in [6, 6.07) is 0. The van der Waals surface area contributed by atoms with Crippen LogP contribution in [0.4, 0.5) is 0 Å². The molecule has 1 aromatic heterocycles. The van der Waals surface area contributed by atoms with Crippen molar-refractivity contribution in [3.63, 3.8) is 0 Å². The Morgan fingerprint density at radius 3 is 2.89 bits per heavy atom. The Balaban J connectivity index is 0.000000640. The van der Waals surface area contributed by atoms with Gasteiger partial charge in [-0.1, -0.05) is 0 Å². The maximum absolute atomic E-state index is 8.38. The predicted octanol–water partition coefficient (Wildman–Crippen LogP) is -0.880. The van der Waals surface area contributed by atoms with Crippen molar-refractivity contribution in [1.29, 1.82) is 0 Å². The van der Waals surface area contributed by atoms with Gasteiger partial charge in [0.15, 0.2) is 0 Å². The molecule has 0 spiro atoms. The average molecular weight is 130 g/mol. The highest BCUT2D eigenvalue weighted by Crippen LogP contribution is 1.86. The molecule has 0 atom stereocenters. The zero-order valence-corrected chi connectivity index (χ0v) is 4.96. The van der Waals surface area contributed by atoms with Crippen LogP contribution in [0.5, 0.6) is 0 Å². The summed E-state index contributed by atoms with van der Waals surface area (Å²) in [5.74, 6) is 0.840. The first kappa shape index (κ1) is 8.13. The smallest absolute Gasteiger partial charge is 0.108 e. The highest BCUT2D eigenvalue weighted by molar-refractivity contribution is 4.86. The Morgan fingerprint density at radius 1 is 1.67 bits per heavy atom. The number of rotatable bonds is 2. The number of nitrogens with zero attached hydrogens (tertiary/aromatic N) is 1. The molecule has 1 aromatic rings. The second-order valence-electron chi connectivity index (χ2n) is 1.51. The number of nitrogens with one attached hydrogen (secondary N) is 1. The highest BCUT2D eigenvalue weighted by atomic mass is 16.3. The van der Waals surface area contributed by atoms with E-state index in [0.29, 0.717) is 6.42 Å². The molecule has 1 heterocycles. The summed E-state index contributed by atoms with van der Waals surface area (Å²) in [5, 5.41) is 8.38. The predicted molar refractivity (Wildman–Crippen MR) is 33.0 cm³/mol. The van der Waals surface area contributed by atoms with Gasteiger partial charge in [0.25, 0.3) is 0 Å². The lowest BCUT2D eigenvalue weighted by molar-refractivity contribution is 0.297. The minimum absolute atomic E-state index is 0. The quantitative estimate of drug-likeness (QED) is 0.545. The third-order valence-electron chi connectivity index (χ3n) is 0.903. The van der Waals surface area contributed by atoms with Gasteiger partial charge in [-0.05, 0) is 0 Å². The van der Waals surface area contributed by atoms with Gasteiger partial charge in [0.2, 0.25) is 0 Å². The lowest BCUT2D eigenvalue weighted by atomic mass is 10.4. The first-order chi connectivity index (χ1) is 3.93. The van der Waals surface area contributed by atoms with Gasteiger partial charge in [-0.25, -0.2) is 4.98 Å². The Morgan fingerprint density at radius 2 is 2.44 bits per heavy atom. The first-order valence-corrected chi connectivity index (χ1v) is 2.52. The fourth-order valence-electron chi connectivity index (χ4n) is 0.541. The van der Waals surface area contributed by atoms with Crippen LogP contribution in [0, 0.1) is 0 Å². The molecule has 9 heavy (non-hydrogen) atoms. The normalized spacial score (nSPS) is 8.56. The van der Waals surface area contributed by atoms with E-state index < -0.39 is 0 Å². The molecule has 0 saturated heterocycles. The zero-order chi connectivity index (χ0) is 5.82. The summed E-state index contributed by atoms with van der Waals surface area (Å²) in [6.45, 7) is 0.160. The van der Waals surface area contributed by atoms with Crippen LogP contribution in [0.15, 0.2) is 12.4 Å². The number of hydrogen-bond donors (Lipinski definition) is 2. The Labute approximate surface area is 52.9 Å². The number of H-pyrrole nitrogens is 1. The topological polar surface area (TPSA) is 80.4 Å². The van der Waals surface area contributed by atoms with Crippen molar-refractivity contribution >= 4 is 0 Å². The molecule has 4 heteroatoms. The molecule has 52 valence electrons. The van der Waals surface area contributed by atoms with Gasteiger partial charge in [-0.15, -0.1) is 0 Å². The fourth-order valence-corrected chi connectivity index (χ4v) is 0.541. The highest BCUT2D eigenvalue weighted by Gasteiger charge is 1.88. The van der Waals surface area contributed by atoms with E-state index in [1.54, 1.807) is 12.4 Å². The molecule has 0 bridgehead atoms. The monoisotopic (exact) mass is 130 g/mol. The Hall–Kier alpha value is -0.870. The van der Waals surface area contributed by atoms with Crippen molar-refractivity contribution < 1.29 is 10.6 Å². The third-order valence-corrected chi connectivity index (χ3v) is 0.903. The van der Waals surface area contributed by atoms with Crippen LogP contribution in [0.2, 0.25) is 0 Å². The number of hydrogen-bond acceptors (Lipinski definition) is 2. The van der Waals surface area contributed by atoms with Crippen molar-refractivity contribution in [1.82, 2.24) is 9.97 Å². The van der Waals surface area contributed by atoms with E-state index in [1.165, 1.54) is 0 Å². The van der Waals surface area contributed by atoms with E-state index in [0.717, 1.165) is 5.82 Å². The van der Waals surface area contributed by atoms with Crippen molar-refractivity contribution in [2.24, 2.45) is 0 Å². The van der Waals surface area contributed by atoms with Crippen LogP contribution in [-0.2, 0) is 6.42 Å². The molecular formula is C5H10N2O2. The van der Waals surface area contributed by atoms with E-state index in [2.05, 4.69) is 9.97 Å². The van der Waals surface area contributed by atoms with E-state index in [-0.39, 0.29) is 12.1 Å². The van der Waals surface area contributed by atoms with Gasteiger partial charge in [0, 0.05) is 18.8 Å². The standard InChI is InChI=1S/C5H8N2O.H2O/c8-4-1-5-6-2-3-7-5;/h2-3,8H,1,4H2,(H,6,7);1H2. The number of imidazole rings is 1. The van der Waals surface area contributed by atoms with Gasteiger partial charge in [0.1, 0.15) is 5.82 Å². The lowest BCUT2D eigenvalue weighted by Crippen LogP contribution is -1.91. The van der Waals surface area contributed by atoms with Gasteiger partial charge in [-0.2, -0.15) is 0 Å². The van der Waals surface area contributed by atoms with Crippen LogP contribution in [0.3, 0.4) is 0 Å². The van der Waals surface area contributed by atoms with Gasteiger partial charge >= 0.3 is 0 Å². The summed E-state index contributed by atoms with van der Waals surface area (Å²) in [4.78, 5) is 6.76. The molecule has 0 aliphatic rings. The largest absolute Gasteiger partial charge is 0.412 e. The Kier molecular flexibility index (Phi) is 3.66. The molecule has 1 rings (SSSR count). The van der Waals surface area contributed by atoms with Crippen LogP contribution in [-0.4, -0.2) is 27.2 Å². The SMILES string of the molecule is O.OCCc1ncc[nH]1. The fraction of sp³-hybridized carbons (Fsp3) is 0.400. The van der Waals surface area contributed by atoms with Gasteiger partial charge < -0.3 is 15.6 Å². The molecule has 0 unspecified atom stereocenters. The average Bonchev–Trinajstić information content (AvgIpc) is 2.19. The van der Waals surface area contributed by atoms with E-state index >= 15 is 0 Å². The summed E-state index contributed by atoms with van der Waals surface area (Å²) < 4.78 is 0. The maximum atomic E-state index is 8.38. The minimum Gasteiger partial charge on any atom is -0.412 e. The van der Waals surface area contributed by atoms with Crippen molar-refractivity contribution in [3.8, 4) is 0 Å². The molecule has 4 N–H and O–H groups in total. The van der Waals surface area contributed by atoms with Crippen LogP contribution in [0.1, 0.15) is 5.82 Å². The van der Waals surface area contributed by atoms with Crippen molar-refractivity contribution in [2.45, 2.75) is 6.42 Å². The van der Waals surface area contributed by atoms with Crippen LogP contribution in [0.25, 0.3) is 0 Å². The molecule has 0 aromatic carbocycles. The van der Waals surface area contributed by atoms with Crippen molar-refractivity contribution in [3.05, 3.63) is 18.2 Å². The third kappa shape index (κ3) is 2.25. The summed E-state index contributed by atoms with van der Waals surface area (Å²) in [5.41, 5.74) is 0. The molecule has 0 aliphatic carbocycles. The van der Waals surface area contributed by atoms with Crippen molar-refractivity contribution in [2.75, 3.05) is 6.61 Å². The van der Waals surface area contributed by atoms with Gasteiger partial charge in [0.05, 0.1) is 6.61 Å². The second kappa shape index (κ2) is 4.05. The number of aliphatic hydroxyl groups is 1. The summed E-state index contributed by atoms with van der Waals surface area (Å²) >= 11 is 0. The van der Waals surface area contributed by atoms with E-state index in [9.17, 15) is 0 Å². The minimum atomic E-state index is 0. The molecule has 0 radical (unpaired) electrons. The molecular weight excluding hydrogens is 120 g/mol. The zero-order valence-electron chi connectivity index (χ0n) is 4.96. The first-order valence-electron chi connectivity index (χ1n) is 2.52. The van der Waals surface area contributed by atoms with Crippen LogP contribution < -0.4 is 0 Å². The summed E-state index contributed by atoms with van der Waals surface area (Å²) in [6.07, 6.45) is 4.03. The molecule has 0 fully saturated rings. The van der Waals surface area contributed by atoms with E-state index in [1.807, 2.05) is 0 Å². The Bertz CT molecular complexity index is 139. The summed E-state index contributed by atoms with van der Waals surface area (Å²) in [7, 11) is 0. The van der Waals surface area contributed by atoms with E-state index in [4.69, 9.17) is 5.11 Å². The number of aromatic nitrogens is 2. The van der Waals surface area contributed by atoms with Gasteiger partial charge in [-0.3, -0.25) is 0 Å².